The highest BCUT2D eigenvalue weighted by Gasteiger charge is 2.35. The maximum atomic E-state index is 14.5. The molecule has 0 aromatic rings. The van der Waals surface area contributed by atoms with E-state index in [4.69, 9.17) is 5.73 Å². The van der Waals surface area contributed by atoms with E-state index in [0.29, 0.717) is 32.1 Å². The minimum absolute atomic E-state index is 0. The van der Waals surface area contributed by atoms with Gasteiger partial charge in [-0.25, -0.2) is 0 Å². The first-order valence-electron chi connectivity index (χ1n) is 29.1. The van der Waals surface area contributed by atoms with Crippen LogP contribution in [-0.2, 0) is 47.9 Å². The smallest absolute Gasteiger partial charge is 0.242 e. The Balaban J connectivity index is 0. The van der Waals surface area contributed by atoms with Crippen LogP contribution in [-0.4, -0.2) is 276 Å². The molecule has 25 heteroatoms. The lowest BCUT2D eigenvalue weighted by molar-refractivity contribution is -0.152. The van der Waals surface area contributed by atoms with Gasteiger partial charge in [-0.05, 0) is 108 Å². The van der Waals surface area contributed by atoms with E-state index in [0.717, 1.165) is 26.0 Å². The van der Waals surface area contributed by atoms with Crippen molar-refractivity contribution in [3.8, 4) is 0 Å². The molecule has 0 aliphatic rings. The van der Waals surface area contributed by atoms with Crippen molar-refractivity contribution in [1.29, 1.82) is 0 Å². The molecule has 0 aliphatic carbocycles. The molecule has 0 rings (SSSR count). The second-order valence-corrected chi connectivity index (χ2v) is 22.0. The minimum Gasteiger partial charge on any atom is -0.392 e. The Bertz CT molecular complexity index is 2010. The SMILES string of the molecule is C.CC[C@H](C)NCC(=O)N(CC(=O)N(CC(=O)N(CC(=O)N(CC(=O)N(CC(=O)N(CC(=O)N(CC(=O)N(CC(=O)N(CC(N)=O)[C@@H](C)CC)[C@@H](C)CC)C[C@@H](C)O)C[C@H](C)O)[C@@H](C)CC)[C@@H](C)CC)C[C@@H](C)O)C[C@H](C)O)[C@@H](C)CC. The van der Waals surface area contributed by atoms with Gasteiger partial charge in [0, 0.05) is 62.4 Å². The largest absolute Gasteiger partial charge is 0.392 e. The zero-order valence-electron chi connectivity index (χ0n) is 51.9. The van der Waals surface area contributed by atoms with Crippen molar-refractivity contribution in [1.82, 2.24) is 49.4 Å². The Labute approximate surface area is 490 Å². The highest BCUT2D eigenvalue weighted by atomic mass is 16.3. The van der Waals surface area contributed by atoms with Crippen molar-refractivity contribution in [3.05, 3.63) is 0 Å². The summed E-state index contributed by atoms with van der Waals surface area (Å²) in [4.78, 5) is 149. The molecule has 0 aromatic heterocycles. The molecule has 7 N–H and O–H groups in total. The molecule has 0 spiro atoms. The topological polar surface area (TPSA) is 319 Å². The zero-order chi connectivity index (χ0) is 62.6. The minimum atomic E-state index is -1.17. The van der Waals surface area contributed by atoms with E-state index in [1.165, 1.54) is 52.2 Å². The summed E-state index contributed by atoms with van der Waals surface area (Å²) in [7, 11) is 0. The average Bonchev–Trinajstić information content (AvgIpc) is 3.39. The summed E-state index contributed by atoms with van der Waals surface area (Å²) in [6.07, 6.45) is -1.60. The third-order valence-corrected chi connectivity index (χ3v) is 14.6. The van der Waals surface area contributed by atoms with Gasteiger partial charge in [0.1, 0.15) is 26.2 Å². The van der Waals surface area contributed by atoms with Crippen molar-refractivity contribution in [2.45, 2.75) is 217 Å². The first kappa shape index (κ1) is 78.6. The fourth-order valence-electron chi connectivity index (χ4n) is 8.52. The lowest BCUT2D eigenvalue weighted by Gasteiger charge is -2.36. The predicted octanol–water partition coefficient (Wildman–Crippen LogP) is 0.469. The van der Waals surface area contributed by atoms with E-state index < -0.39 is 142 Å². The molecule has 82 heavy (non-hydrogen) atoms. The second-order valence-electron chi connectivity index (χ2n) is 22.0. The van der Waals surface area contributed by atoms with Crippen LogP contribution >= 0.6 is 0 Å². The van der Waals surface area contributed by atoms with Crippen LogP contribution in [0, 0.1) is 0 Å². The van der Waals surface area contributed by atoms with Crippen molar-refractivity contribution < 1.29 is 68.4 Å². The predicted molar refractivity (Wildman–Crippen MR) is 314 cm³/mol. The number of carbonyl (C=O) groups is 10. The van der Waals surface area contributed by atoms with Crippen LogP contribution in [0.25, 0.3) is 0 Å². The van der Waals surface area contributed by atoms with Crippen molar-refractivity contribution in [2.24, 2.45) is 5.73 Å². The van der Waals surface area contributed by atoms with Crippen LogP contribution < -0.4 is 11.1 Å². The number of primary amides is 1. The third kappa shape index (κ3) is 28.2. The normalized spacial score (nSPS) is 14.8. The molecule has 476 valence electrons. The molecule has 0 unspecified atom stereocenters. The van der Waals surface area contributed by atoms with Gasteiger partial charge in [-0.15, -0.1) is 0 Å². The summed E-state index contributed by atoms with van der Waals surface area (Å²) >= 11 is 0. The highest BCUT2D eigenvalue weighted by molar-refractivity contribution is 5.94. The number of carbonyl (C=O) groups excluding carboxylic acids is 10. The van der Waals surface area contributed by atoms with Crippen LogP contribution in [0.1, 0.15) is 157 Å². The van der Waals surface area contributed by atoms with E-state index >= 15 is 0 Å². The van der Waals surface area contributed by atoms with Gasteiger partial charge in [0.15, 0.2) is 0 Å². The number of nitrogens with one attached hydrogen (secondary N) is 1. The van der Waals surface area contributed by atoms with Crippen LogP contribution in [0.15, 0.2) is 0 Å². The quantitative estimate of drug-likeness (QED) is 0.0486. The Hall–Kier alpha value is -5.50. The van der Waals surface area contributed by atoms with E-state index in [1.807, 2.05) is 27.7 Å². The van der Waals surface area contributed by atoms with Gasteiger partial charge in [-0.1, -0.05) is 49.0 Å². The summed E-state index contributed by atoms with van der Waals surface area (Å²) < 4.78 is 0. The molecule has 0 saturated carbocycles. The number of nitrogens with zero attached hydrogens (tertiary/aromatic N) is 9. The molecule has 0 radical (unpaired) electrons. The number of amides is 10. The summed E-state index contributed by atoms with van der Waals surface area (Å²) in [5.41, 5.74) is 5.44. The highest BCUT2D eigenvalue weighted by Crippen LogP contribution is 2.15. The van der Waals surface area contributed by atoms with Crippen molar-refractivity contribution in [3.63, 3.8) is 0 Å². The zero-order valence-corrected chi connectivity index (χ0v) is 51.9. The molecule has 10 amide bonds. The number of aliphatic hydroxyl groups excluding tert-OH is 4. The Morgan fingerprint density at radius 3 is 0.768 bits per heavy atom. The number of rotatable bonds is 40. The number of hydrogen-bond acceptors (Lipinski definition) is 15. The van der Waals surface area contributed by atoms with Gasteiger partial charge >= 0.3 is 0 Å². The molecule has 0 saturated heterocycles. The summed E-state index contributed by atoms with van der Waals surface area (Å²) in [5, 5.41) is 45.2. The fourth-order valence-corrected chi connectivity index (χ4v) is 8.52. The lowest BCUT2D eigenvalue weighted by Crippen LogP contribution is -2.56. The molecule has 0 aromatic carbocycles. The van der Waals surface area contributed by atoms with Gasteiger partial charge in [0.2, 0.25) is 59.1 Å². The summed E-state index contributed by atoms with van der Waals surface area (Å²) in [6.45, 7) is 21.0. The molecular weight excluding hydrogens is 1060 g/mol. The van der Waals surface area contributed by atoms with Gasteiger partial charge in [0.25, 0.3) is 0 Å². The maximum Gasteiger partial charge on any atom is 0.242 e. The van der Waals surface area contributed by atoms with Gasteiger partial charge in [-0.2, -0.15) is 0 Å². The van der Waals surface area contributed by atoms with Gasteiger partial charge in [-0.3, -0.25) is 47.9 Å². The monoisotopic (exact) mass is 1170 g/mol. The first-order valence-corrected chi connectivity index (χ1v) is 29.1. The van der Waals surface area contributed by atoms with Crippen LogP contribution in [0.4, 0.5) is 0 Å². The molecule has 0 fully saturated rings. The standard InChI is InChI=1S/C56H105N11O14.CH4/c1-17-37(7)58-23-48(73)64(39(9)19-3)33-51(76)59(24-43(13)68)29-49(74)62(27-46(16)71)32-54(79)67(42(12)22-6)36-56(81)65(40(10)20-4)34-52(77)60(25-44(14)69)30-50(75)61(26-45(15)70)31-53(78)66(41(11)21-5)35-55(80)63(28-47(57)72)38(8)18-2;/h37-46,58,68-71H,17-36H2,1-16H3,(H2,57,72);1H4/t37-,38-,39-,40-,41-,42-,43-,44-,45+,46+;/m0./s1. The summed E-state index contributed by atoms with van der Waals surface area (Å²) in [5.74, 6) is -6.53. The number of hydrogen-bond donors (Lipinski definition) is 6. The van der Waals surface area contributed by atoms with Gasteiger partial charge < -0.3 is 75.6 Å². The van der Waals surface area contributed by atoms with E-state index in [9.17, 15) is 68.4 Å². The summed E-state index contributed by atoms with van der Waals surface area (Å²) in [6, 6.07) is -2.37. The Morgan fingerprint density at radius 2 is 0.537 bits per heavy atom. The van der Waals surface area contributed by atoms with Crippen LogP contribution in [0.2, 0.25) is 0 Å². The average molecular weight is 1170 g/mol. The van der Waals surface area contributed by atoms with Crippen molar-refractivity contribution in [2.75, 3.05) is 91.6 Å². The van der Waals surface area contributed by atoms with E-state index in [-0.39, 0.29) is 77.3 Å². The van der Waals surface area contributed by atoms with Crippen molar-refractivity contribution >= 4 is 59.1 Å². The van der Waals surface area contributed by atoms with Gasteiger partial charge in [0.05, 0.1) is 63.7 Å². The fraction of sp³-hybridized carbons (Fsp3) is 0.825. The maximum absolute atomic E-state index is 14.5. The first-order chi connectivity index (χ1) is 37.7. The number of aliphatic hydroxyl groups is 4. The third-order valence-electron chi connectivity index (χ3n) is 14.6. The molecular formula is C57H109N11O14. The van der Waals surface area contributed by atoms with E-state index in [2.05, 4.69) is 5.32 Å². The molecule has 0 heterocycles. The van der Waals surface area contributed by atoms with E-state index in [1.54, 1.807) is 55.4 Å². The number of nitrogens with two attached hydrogens (primary N) is 1. The van der Waals surface area contributed by atoms with Crippen LogP contribution in [0.5, 0.6) is 0 Å². The molecule has 0 aliphatic heterocycles. The second kappa shape index (κ2) is 39.9. The Kier molecular flexibility index (Phi) is 38.2. The Morgan fingerprint density at radius 1 is 0.329 bits per heavy atom. The molecule has 10 atom stereocenters. The molecule has 25 nitrogen and oxygen atoms in total. The lowest BCUT2D eigenvalue weighted by atomic mass is 10.1. The van der Waals surface area contributed by atoms with Crippen LogP contribution in [0.3, 0.4) is 0 Å². The molecule has 0 bridgehead atoms.